The number of hydrogen-bond donors (Lipinski definition) is 2. The molecule has 1 amide bonds. The zero-order chi connectivity index (χ0) is 13.0. The van der Waals surface area contributed by atoms with E-state index in [1.54, 1.807) is 6.07 Å². The van der Waals surface area contributed by atoms with E-state index in [0.717, 1.165) is 25.0 Å². The molecule has 0 bridgehead atoms. The SMILES string of the molecule is CC(=O)Oc1cc(CC2CCCCC(=O)N2)[nH]n1. The van der Waals surface area contributed by atoms with Crippen LogP contribution in [0.5, 0.6) is 5.88 Å². The highest BCUT2D eigenvalue weighted by Gasteiger charge is 2.17. The molecule has 6 heteroatoms. The highest BCUT2D eigenvalue weighted by atomic mass is 16.5. The zero-order valence-electron chi connectivity index (χ0n) is 10.4. The predicted molar refractivity (Wildman–Crippen MR) is 64.0 cm³/mol. The van der Waals surface area contributed by atoms with Crippen LogP contribution in [-0.4, -0.2) is 28.1 Å². The van der Waals surface area contributed by atoms with E-state index in [1.807, 2.05) is 0 Å². The van der Waals surface area contributed by atoms with Gasteiger partial charge in [-0.05, 0) is 12.8 Å². The molecule has 0 aromatic carbocycles. The maximum atomic E-state index is 11.4. The Hall–Kier alpha value is -1.85. The minimum Gasteiger partial charge on any atom is -0.406 e. The minimum absolute atomic E-state index is 0.109. The van der Waals surface area contributed by atoms with Gasteiger partial charge in [0.25, 0.3) is 0 Å². The molecule has 1 aromatic rings. The maximum absolute atomic E-state index is 11.4. The molecule has 1 aliphatic heterocycles. The lowest BCUT2D eigenvalue weighted by Crippen LogP contribution is -2.34. The average Bonchev–Trinajstić information content (AvgIpc) is 2.59. The van der Waals surface area contributed by atoms with Crippen molar-refractivity contribution in [2.45, 2.75) is 45.1 Å². The first-order chi connectivity index (χ1) is 8.63. The van der Waals surface area contributed by atoms with Gasteiger partial charge in [-0.1, -0.05) is 6.42 Å². The summed E-state index contributed by atoms with van der Waals surface area (Å²) in [6.07, 6.45) is 4.25. The molecule has 18 heavy (non-hydrogen) atoms. The fourth-order valence-corrected chi connectivity index (χ4v) is 2.11. The molecular formula is C12H17N3O3. The molecule has 2 heterocycles. The molecule has 0 spiro atoms. The predicted octanol–water partition coefficient (Wildman–Crippen LogP) is 0.936. The van der Waals surface area contributed by atoms with Crippen LogP contribution in [0.25, 0.3) is 0 Å². The van der Waals surface area contributed by atoms with Crippen LogP contribution in [0.4, 0.5) is 0 Å². The number of H-pyrrole nitrogens is 1. The smallest absolute Gasteiger partial charge is 0.309 e. The maximum Gasteiger partial charge on any atom is 0.309 e. The number of nitrogens with one attached hydrogen (secondary N) is 2. The van der Waals surface area contributed by atoms with E-state index in [2.05, 4.69) is 15.5 Å². The molecule has 2 N–H and O–H groups in total. The van der Waals surface area contributed by atoms with E-state index in [0.29, 0.717) is 12.8 Å². The Labute approximate surface area is 105 Å². The second-order valence-electron chi connectivity index (χ2n) is 4.54. The fourth-order valence-electron chi connectivity index (χ4n) is 2.11. The topological polar surface area (TPSA) is 84.1 Å². The molecule has 6 nitrogen and oxygen atoms in total. The summed E-state index contributed by atoms with van der Waals surface area (Å²) >= 11 is 0. The van der Waals surface area contributed by atoms with Crippen LogP contribution in [0.2, 0.25) is 0 Å². The first-order valence-electron chi connectivity index (χ1n) is 6.15. The van der Waals surface area contributed by atoms with Gasteiger partial charge in [0.05, 0.1) is 0 Å². The largest absolute Gasteiger partial charge is 0.406 e. The van der Waals surface area contributed by atoms with Crippen molar-refractivity contribution in [2.75, 3.05) is 0 Å². The Bertz CT molecular complexity index is 442. The Morgan fingerprint density at radius 2 is 2.39 bits per heavy atom. The van der Waals surface area contributed by atoms with Crippen molar-refractivity contribution < 1.29 is 14.3 Å². The highest BCUT2D eigenvalue weighted by molar-refractivity contribution is 5.76. The summed E-state index contributed by atoms with van der Waals surface area (Å²) in [6.45, 7) is 1.33. The number of amides is 1. The molecule has 1 aromatic heterocycles. The molecule has 0 radical (unpaired) electrons. The number of esters is 1. The van der Waals surface area contributed by atoms with Crippen LogP contribution in [-0.2, 0) is 16.0 Å². The number of carbonyl (C=O) groups excluding carboxylic acids is 2. The van der Waals surface area contributed by atoms with E-state index in [1.165, 1.54) is 6.92 Å². The van der Waals surface area contributed by atoms with E-state index in [4.69, 9.17) is 4.74 Å². The molecular weight excluding hydrogens is 234 g/mol. The van der Waals surface area contributed by atoms with Crippen LogP contribution < -0.4 is 10.1 Å². The lowest BCUT2D eigenvalue weighted by Gasteiger charge is -2.14. The Balaban J connectivity index is 1.93. The minimum atomic E-state index is -0.393. The fraction of sp³-hybridized carbons (Fsp3) is 0.583. The van der Waals surface area contributed by atoms with Crippen molar-refractivity contribution in [3.05, 3.63) is 11.8 Å². The highest BCUT2D eigenvalue weighted by Crippen LogP contribution is 2.15. The number of aromatic nitrogens is 2. The number of aromatic amines is 1. The van der Waals surface area contributed by atoms with Crippen LogP contribution >= 0.6 is 0 Å². The third-order valence-electron chi connectivity index (χ3n) is 2.89. The average molecular weight is 251 g/mol. The molecule has 2 rings (SSSR count). The van der Waals surface area contributed by atoms with Crippen molar-refractivity contribution in [1.82, 2.24) is 15.5 Å². The van der Waals surface area contributed by atoms with Gasteiger partial charge < -0.3 is 10.1 Å². The molecule has 98 valence electrons. The Morgan fingerprint density at radius 3 is 3.17 bits per heavy atom. The second-order valence-corrected chi connectivity index (χ2v) is 4.54. The van der Waals surface area contributed by atoms with Gasteiger partial charge in [0.15, 0.2) is 0 Å². The van der Waals surface area contributed by atoms with E-state index >= 15 is 0 Å². The zero-order valence-corrected chi connectivity index (χ0v) is 10.4. The number of ether oxygens (including phenoxy) is 1. The lowest BCUT2D eigenvalue weighted by molar-refractivity contribution is -0.132. The standard InChI is InChI=1S/C12H17N3O3/c1-8(16)18-12-7-10(14-15-12)6-9-4-2-3-5-11(17)13-9/h7,9H,2-6H2,1H3,(H,13,17)(H,14,15). The number of rotatable bonds is 3. The normalized spacial score (nSPS) is 20.1. The van der Waals surface area contributed by atoms with Crippen molar-refractivity contribution >= 4 is 11.9 Å². The van der Waals surface area contributed by atoms with Gasteiger partial charge in [-0.25, -0.2) is 0 Å². The number of nitrogens with zero attached hydrogens (tertiary/aromatic N) is 1. The van der Waals surface area contributed by atoms with Crippen molar-refractivity contribution in [2.24, 2.45) is 0 Å². The quantitative estimate of drug-likeness (QED) is 0.783. The van der Waals surface area contributed by atoms with E-state index in [9.17, 15) is 9.59 Å². The summed E-state index contributed by atoms with van der Waals surface area (Å²) in [4.78, 5) is 22.2. The molecule has 1 saturated heterocycles. The first-order valence-corrected chi connectivity index (χ1v) is 6.15. The Kier molecular flexibility index (Phi) is 3.96. The third-order valence-corrected chi connectivity index (χ3v) is 2.89. The van der Waals surface area contributed by atoms with Crippen LogP contribution in [0, 0.1) is 0 Å². The summed E-state index contributed by atoms with van der Waals surface area (Å²) in [5, 5.41) is 9.68. The monoisotopic (exact) mass is 251 g/mol. The van der Waals surface area contributed by atoms with Crippen LogP contribution in [0.1, 0.15) is 38.3 Å². The lowest BCUT2D eigenvalue weighted by atomic mass is 10.1. The van der Waals surface area contributed by atoms with Gasteiger partial charge in [-0.2, -0.15) is 0 Å². The summed E-state index contributed by atoms with van der Waals surface area (Å²) in [7, 11) is 0. The van der Waals surface area contributed by atoms with E-state index < -0.39 is 5.97 Å². The van der Waals surface area contributed by atoms with Gasteiger partial charge in [0.2, 0.25) is 11.8 Å². The molecule has 1 aliphatic rings. The molecule has 1 unspecified atom stereocenters. The van der Waals surface area contributed by atoms with Crippen molar-refractivity contribution in [3.63, 3.8) is 0 Å². The summed E-state index contributed by atoms with van der Waals surface area (Å²) < 4.78 is 4.86. The van der Waals surface area contributed by atoms with Crippen LogP contribution in [0.15, 0.2) is 6.07 Å². The first kappa shape index (κ1) is 12.6. The Morgan fingerprint density at radius 1 is 1.56 bits per heavy atom. The van der Waals surface area contributed by atoms with Gasteiger partial charge in [-0.3, -0.25) is 14.7 Å². The van der Waals surface area contributed by atoms with Gasteiger partial charge in [-0.15, -0.1) is 5.10 Å². The van der Waals surface area contributed by atoms with Crippen molar-refractivity contribution in [3.8, 4) is 5.88 Å². The van der Waals surface area contributed by atoms with E-state index in [-0.39, 0.29) is 17.8 Å². The van der Waals surface area contributed by atoms with Gasteiger partial charge >= 0.3 is 5.97 Å². The second kappa shape index (κ2) is 5.66. The van der Waals surface area contributed by atoms with Crippen molar-refractivity contribution in [1.29, 1.82) is 0 Å². The molecule has 0 saturated carbocycles. The van der Waals surface area contributed by atoms with Gasteiger partial charge in [0, 0.05) is 37.6 Å². The number of carbonyl (C=O) groups is 2. The molecule has 1 atom stereocenters. The summed E-state index contributed by atoms with van der Waals surface area (Å²) in [5.74, 6) is -0.00880. The molecule has 0 aliphatic carbocycles. The summed E-state index contributed by atoms with van der Waals surface area (Å²) in [5.41, 5.74) is 0.860. The van der Waals surface area contributed by atoms with Crippen LogP contribution in [0.3, 0.4) is 0 Å². The third kappa shape index (κ3) is 3.58. The summed E-state index contributed by atoms with van der Waals surface area (Å²) in [6, 6.07) is 1.82. The van der Waals surface area contributed by atoms with Gasteiger partial charge in [0.1, 0.15) is 0 Å². The molecule has 1 fully saturated rings. The number of hydrogen-bond acceptors (Lipinski definition) is 4.